The highest BCUT2D eigenvalue weighted by molar-refractivity contribution is 9.10. The molecule has 28 heavy (non-hydrogen) atoms. The summed E-state index contributed by atoms with van der Waals surface area (Å²) >= 11 is 10.2. The zero-order valence-corrected chi connectivity index (χ0v) is 16.9. The molecule has 1 N–H and O–H groups in total. The van der Waals surface area contributed by atoms with E-state index in [9.17, 15) is 24.1 Å². The Kier molecular flexibility index (Phi) is 5.92. The Morgan fingerprint density at radius 3 is 2.71 bits per heavy atom. The molecule has 0 unspecified atom stereocenters. The van der Waals surface area contributed by atoms with Crippen molar-refractivity contribution in [1.82, 2.24) is 0 Å². The maximum absolute atomic E-state index is 13.3. The van der Waals surface area contributed by atoms with Gasteiger partial charge in [-0.05, 0) is 40.2 Å². The summed E-state index contributed by atoms with van der Waals surface area (Å²) in [6.45, 7) is -0.596. The molecule has 7 nitrogen and oxygen atoms in total. The van der Waals surface area contributed by atoms with Gasteiger partial charge in [-0.25, -0.2) is 9.18 Å². The van der Waals surface area contributed by atoms with E-state index in [0.717, 1.165) is 11.3 Å². The molecule has 3 rings (SSSR count). The Morgan fingerprint density at radius 2 is 2.04 bits per heavy atom. The summed E-state index contributed by atoms with van der Waals surface area (Å²) in [5.41, 5.74) is 0.133. The largest absolute Gasteiger partial charge is 0.451 e. The molecule has 0 spiro atoms. The lowest BCUT2D eigenvalue weighted by Gasteiger charge is -2.08. The number of nitro groups is 1. The van der Waals surface area contributed by atoms with Crippen LogP contribution in [0.1, 0.15) is 9.67 Å². The first kappa shape index (κ1) is 20.2. The monoisotopic (exact) mass is 486 g/mol. The predicted octanol–water partition coefficient (Wildman–Crippen LogP) is 5.16. The molecule has 2 aromatic carbocycles. The Morgan fingerprint density at radius 1 is 1.29 bits per heavy atom. The zero-order valence-electron chi connectivity index (χ0n) is 13.7. The number of hydrogen-bond donors (Lipinski definition) is 1. The van der Waals surface area contributed by atoms with Crippen molar-refractivity contribution in [3.8, 4) is 0 Å². The number of halogens is 3. The first-order chi connectivity index (χ1) is 13.3. The molecule has 1 aromatic heterocycles. The molecule has 0 aliphatic carbocycles. The van der Waals surface area contributed by atoms with E-state index in [1.54, 1.807) is 0 Å². The van der Waals surface area contributed by atoms with Gasteiger partial charge < -0.3 is 10.1 Å². The molecule has 0 fully saturated rings. The second-order valence-corrected chi connectivity index (χ2v) is 7.72. The molecular weight excluding hydrogens is 479 g/mol. The number of anilines is 1. The summed E-state index contributed by atoms with van der Waals surface area (Å²) in [6, 6.07) is 7.74. The third-order valence-electron chi connectivity index (χ3n) is 3.55. The number of carbonyl (C=O) groups is 2. The fourth-order valence-corrected chi connectivity index (χ4v) is 4.17. The smallest absolute Gasteiger partial charge is 0.350 e. The van der Waals surface area contributed by atoms with Gasteiger partial charge in [0, 0.05) is 26.7 Å². The number of non-ortho nitro benzene ring substituents is 1. The van der Waals surface area contributed by atoms with Crippen LogP contribution in [0.5, 0.6) is 0 Å². The third kappa shape index (κ3) is 4.29. The van der Waals surface area contributed by atoms with Gasteiger partial charge >= 0.3 is 5.97 Å². The average molecular weight is 488 g/mol. The summed E-state index contributed by atoms with van der Waals surface area (Å²) in [7, 11) is 0. The minimum atomic E-state index is -0.815. The Bertz CT molecular complexity index is 1120. The van der Waals surface area contributed by atoms with Gasteiger partial charge in [0.2, 0.25) is 0 Å². The minimum absolute atomic E-state index is 0.0617. The number of fused-ring (bicyclic) bond motifs is 1. The summed E-state index contributed by atoms with van der Waals surface area (Å²) < 4.78 is 19.0. The number of amides is 1. The lowest BCUT2D eigenvalue weighted by atomic mass is 10.2. The standard InChI is InChI=1S/C17H9BrClFN2O5S/c18-11-6-9(22(25)26)2-4-12(11)21-14(23)7-27-17(24)16-15(19)10-3-1-8(20)5-13(10)28-16/h1-6H,7H2,(H,21,23). The van der Waals surface area contributed by atoms with Crippen molar-refractivity contribution in [3.05, 3.63) is 66.7 Å². The Hall–Kier alpha value is -2.56. The number of benzene rings is 2. The molecule has 0 bridgehead atoms. The molecule has 0 radical (unpaired) electrons. The van der Waals surface area contributed by atoms with Gasteiger partial charge in [-0.3, -0.25) is 14.9 Å². The van der Waals surface area contributed by atoms with E-state index in [0.29, 0.717) is 14.6 Å². The topological polar surface area (TPSA) is 98.5 Å². The summed E-state index contributed by atoms with van der Waals surface area (Å²) in [6.07, 6.45) is 0. The van der Waals surface area contributed by atoms with Crippen LogP contribution in [0.4, 0.5) is 15.8 Å². The van der Waals surface area contributed by atoms with Gasteiger partial charge in [0.15, 0.2) is 6.61 Å². The second kappa shape index (κ2) is 8.21. The number of nitrogens with one attached hydrogen (secondary N) is 1. The first-order valence-corrected chi connectivity index (χ1v) is 9.53. The number of carbonyl (C=O) groups excluding carboxylic acids is 2. The molecule has 0 aliphatic rings. The first-order valence-electron chi connectivity index (χ1n) is 7.54. The van der Waals surface area contributed by atoms with E-state index in [2.05, 4.69) is 21.2 Å². The third-order valence-corrected chi connectivity index (χ3v) is 5.84. The maximum Gasteiger partial charge on any atom is 0.350 e. The van der Waals surface area contributed by atoms with Crippen LogP contribution >= 0.6 is 38.9 Å². The molecule has 0 atom stereocenters. The molecule has 144 valence electrons. The Balaban J connectivity index is 1.65. The zero-order chi connectivity index (χ0) is 20.4. The van der Waals surface area contributed by atoms with Gasteiger partial charge in [0.1, 0.15) is 10.7 Å². The van der Waals surface area contributed by atoms with E-state index in [1.807, 2.05) is 0 Å². The lowest BCUT2D eigenvalue weighted by Crippen LogP contribution is -2.21. The normalized spacial score (nSPS) is 10.7. The van der Waals surface area contributed by atoms with Crippen molar-refractivity contribution >= 4 is 72.2 Å². The summed E-state index contributed by atoms with van der Waals surface area (Å²) in [5, 5.41) is 13.8. The highest BCUT2D eigenvalue weighted by atomic mass is 79.9. The van der Waals surface area contributed by atoms with E-state index in [4.69, 9.17) is 16.3 Å². The van der Waals surface area contributed by atoms with Crippen molar-refractivity contribution in [2.24, 2.45) is 0 Å². The van der Waals surface area contributed by atoms with Crippen molar-refractivity contribution in [3.63, 3.8) is 0 Å². The number of rotatable bonds is 5. The van der Waals surface area contributed by atoms with Crippen molar-refractivity contribution < 1.29 is 23.6 Å². The van der Waals surface area contributed by atoms with E-state index >= 15 is 0 Å². The quantitative estimate of drug-likeness (QED) is 0.304. The molecule has 3 aromatic rings. The van der Waals surface area contributed by atoms with Crippen LogP contribution in [-0.2, 0) is 9.53 Å². The number of esters is 1. The molecule has 0 saturated carbocycles. The molecule has 11 heteroatoms. The molecule has 1 heterocycles. The van der Waals surface area contributed by atoms with Crippen LogP contribution in [0.3, 0.4) is 0 Å². The average Bonchev–Trinajstić information content (AvgIpc) is 2.97. The molecule has 1 amide bonds. The van der Waals surface area contributed by atoms with E-state index < -0.39 is 29.2 Å². The van der Waals surface area contributed by atoms with E-state index in [-0.39, 0.29) is 21.3 Å². The highest BCUT2D eigenvalue weighted by Crippen LogP contribution is 2.36. The van der Waals surface area contributed by atoms with Crippen LogP contribution in [0.2, 0.25) is 5.02 Å². The van der Waals surface area contributed by atoms with Gasteiger partial charge in [-0.1, -0.05) is 11.6 Å². The SMILES string of the molecule is O=C(COC(=O)c1sc2cc(F)ccc2c1Cl)Nc1ccc([N+](=O)[O-])cc1Br. The van der Waals surface area contributed by atoms with Crippen molar-refractivity contribution in [2.45, 2.75) is 0 Å². The number of ether oxygens (including phenoxy) is 1. The Labute approximate surface area is 174 Å². The molecule has 0 saturated heterocycles. The van der Waals surface area contributed by atoms with Crippen LogP contribution in [-0.4, -0.2) is 23.4 Å². The van der Waals surface area contributed by atoms with Crippen LogP contribution in [0.25, 0.3) is 10.1 Å². The van der Waals surface area contributed by atoms with Gasteiger partial charge in [-0.2, -0.15) is 0 Å². The number of nitro benzene ring substituents is 1. The lowest BCUT2D eigenvalue weighted by molar-refractivity contribution is -0.384. The number of nitrogens with zero attached hydrogens (tertiary/aromatic N) is 1. The van der Waals surface area contributed by atoms with Gasteiger partial charge in [-0.15, -0.1) is 11.3 Å². The summed E-state index contributed by atoms with van der Waals surface area (Å²) in [4.78, 5) is 34.4. The maximum atomic E-state index is 13.3. The predicted molar refractivity (Wildman–Crippen MR) is 107 cm³/mol. The number of hydrogen-bond acceptors (Lipinski definition) is 6. The fraction of sp³-hybridized carbons (Fsp3) is 0.0588. The number of thiophene rings is 1. The van der Waals surface area contributed by atoms with Crippen molar-refractivity contribution in [2.75, 3.05) is 11.9 Å². The molecule has 0 aliphatic heterocycles. The fourth-order valence-electron chi connectivity index (χ4n) is 2.27. The van der Waals surface area contributed by atoms with Gasteiger partial charge in [0.25, 0.3) is 11.6 Å². The van der Waals surface area contributed by atoms with Gasteiger partial charge in [0.05, 0.1) is 15.6 Å². The molecular formula is C17H9BrClFN2O5S. The minimum Gasteiger partial charge on any atom is -0.451 e. The highest BCUT2D eigenvalue weighted by Gasteiger charge is 2.20. The second-order valence-electron chi connectivity index (χ2n) is 5.43. The van der Waals surface area contributed by atoms with E-state index in [1.165, 1.54) is 36.4 Å². The van der Waals surface area contributed by atoms with Crippen LogP contribution in [0.15, 0.2) is 40.9 Å². The van der Waals surface area contributed by atoms with Crippen LogP contribution in [0, 0.1) is 15.9 Å². The summed E-state index contributed by atoms with van der Waals surface area (Å²) in [5.74, 6) is -1.92. The van der Waals surface area contributed by atoms with Crippen LogP contribution < -0.4 is 5.32 Å². The van der Waals surface area contributed by atoms with Crippen molar-refractivity contribution in [1.29, 1.82) is 0 Å².